The van der Waals surface area contributed by atoms with Gasteiger partial charge in [-0.3, -0.25) is 14.6 Å². The number of nitrogens with zero attached hydrogens (tertiary/aromatic N) is 3. The summed E-state index contributed by atoms with van der Waals surface area (Å²) in [5.41, 5.74) is 6.20. The quantitative estimate of drug-likeness (QED) is 0.393. The van der Waals surface area contributed by atoms with E-state index in [-0.39, 0.29) is 23.9 Å². The van der Waals surface area contributed by atoms with Gasteiger partial charge in [-0.25, -0.2) is 0 Å². The number of halogens is 1. The van der Waals surface area contributed by atoms with E-state index < -0.39 is 5.41 Å². The van der Waals surface area contributed by atoms with Crippen molar-refractivity contribution >= 4 is 29.1 Å². The summed E-state index contributed by atoms with van der Waals surface area (Å²) in [5.74, 6) is -0.0381. The predicted octanol–water partition coefficient (Wildman–Crippen LogP) is 6.17. The van der Waals surface area contributed by atoms with Gasteiger partial charge in [0, 0.05) is 53.8 Å². The second-order valence-electron chi connectivity index (χ2n) is 11.8. The second-order valence-corrected chi connectivity index (χ2v) is 12.2. The predicted molar refractivity (Wildman–Crippen MR) is 161 cm³/mol. The van der Waals surface area contributed by atoms with E-state index in [9.17, 15) is 9.59 Å². The lowest BCUT2D eigenvalue weighted by molar-refractivity contribution is -0.126. The number of piperidine rings is 1. The minimum Gasteiger partial charge on any atom is -0.371 e. The van der Waals surface area contributed by atoms with Gasteiger partial charge in [0.15, 0.2) is 0 Å². The van der Waals surface area contributed by atoms with Gasteiger partial charge in [0.25, 0.3) is 5.91 Å². The minimum absolute atomic E-state index is 0.0326. The number of amides is 2. The number of hydrogen-bond donors (Lipinski definition) is 1. The zero-order chi connectivity index (χ0) is 28.6. The molecule has 5 rings (SSSR count). The molecule has 1 N–H and O–H groups in total. The molecule has 0 spiro atoms. The van der Waals surface area contributed by atoms with E-state index in [1.807, 2.05) is 76.0 Å². The standard InChI is InChI=1S/C33H39ClN4O2/c1-21-18-26(19-22(2)35-21)38-16-14-25(15-17-38)37(5)31(39)24-11-10-23-12-13-30(27(23)20-24)36-32(40)33(3,4)28-8-6-7-9-29(28)34/h6-11,18-20,25,30H,12-17H2,1-5H3,(H,36,40). The maximum Gasteiger partial charge on any atom is 0.253 e. The van der Waals surface area contributed by atoms with Crippen LogP contribution in [0.5, 0.6) is 0 Å². The number of rotatable bonds is 6. The van der Waals surface area contributed by atoms with E-state index in [1.54, 1.807) is 0 Å². The highest BCUT2D eigenvalue weighted by molar-refractivity contribution is 6.31. The van der Waals surface area contributed by atoms with Crippen molar-refractivity contribution in [3.05, 3.63) is 93.3 Å². The first kappa shape index (κ1) is 28.2. The van der Waals surface area contributed by atoms with Crippen LogP contribution in [0, 0.1) is 13.8 Å². The molecule has 2 amide bonds. The summed E-state index contributed by atoms with van der Waals surface area (Å²) in [6, 6.07) is 17.8. The van der Waals surface area contributed by atoms with E-state index in [2.05, 4.69) is 33.4 Å². The van der Waals surface area contributed by atoms with Gasteiger partial charge < -0.3 is 15.1 Å². The van der Waals surface area contributed by atoms with E-state index in [4.69, 9.17) is 11.6 Å². The third-order valence-electron chi connectivity index (χ3n) is 8.65. The Morgan fingerprint density at radius 3 is 2.35 bits per heavy atom. The molecule has 2 aliphatic rings. The molecule has 2 aromatic carbocycles. The van der Waals surface area contributed by atoms with Gasteiger partial charge in [-0.05, 0) is 100 Å². The lowest BCUT2D eigenvalue weighted by Crippen LogP contribution is -2.45. The number of hydrogen-bond acceptors (Lipinski definition) is 4. The Kier molecular flexibility index (Phi) is 7.92. The zero-order valence-electron chi connectivity index (χ0n) is 24.1. The molecule has 1 aliphatic heterocycles. The molecule has 3 aromatic rings. The average molecular weight is 559 g/mol. The first-order chi connectivity index (χ1) is 19.0. The van der Waals surface area contributed by atoms with Gasteiger partial charge in [-0.1, -0.05) is 35.9 Å². The van der Waals surface area contributed by atoms with Crippen LogP contribution < -0.4 is 10.2 Å². The van der Waals surface area contributed by atoms with Crippen LogP contribution in [0.4, 0.5) is 5.69 Å². The molecule has 40 heavy (non-hydrogen) atoms. The van der Waals surface area contributed by atoms with Crippen molar-refractivity contribution in [2.75, 3.05) is 25.0 Å². The Hall–Kier alpha value is -3.38. The number of aryl methyl sites for hydroxylation is 3. The number of benzene rings is 2. The maximum absolute atomic E-state index is 13.6. The lowest BCUT2D eigenvalue weighted by Gasteiger charge is -2.38. The lowest BCUT2D eigenvalue weighted by atomic mass is 9.83. The average Bonchev–Trinajstić information content (AvgIpc) is 3.33. The van der Waals surface area contributed by atoms with Gasteiger partial charge >= 0.3 is 0 Å². The van der Waals surface area contributed by atoms with Gasteiger partial charge in [0.1, 0.15) is 0 Å². The number of nitrogens with one attached hydrogen (secondary N) is 1. The third kappa shape index (κ3) is 5.60. The Balaban J connectivity index is 1.25. The van der Waals surface area contributed by atoms with Crippen molar-refractivity contribution in [1.29, 1.82) is 0 Å². The topological polar surface area (TPSA) is 65.5 Å². The fourth-order valence-electron chi connectivity index (χ4n) is 6.19. The molecule has 0 radical (unpaired) electrons. The molecule has 1 saturated heterocycles. The van der Waals surface area contributed by atoms with E-state index in [1.165, 1.54) is 11.3 Å². The molecule has 1 aliphatic carbocycles. The van der Waals surface area contributed by atoms with Crippen LogP contribution in [0.15, 0.2) is 54.6 Å². The van der Waals surface area contributed by atoms with Crippen molar-refractivity contribution in [3.63, 3.8) is 0 Å². The first-order valence-corrected chi connectivity index (χ1v) is 14.6. The summed E-state index contributed by atoms with van der Waals surface area (Å²) < 4.78 is 0. The number of fused-ring (bicyclic) bond motifs is 1. The number of aromatic nitrogens is 1. The summed E-state index contributed by atoms with van der Waals surface area (Å²) in [6.45, 7) is 9.67. The Morgan fingerprint density at radius 2 is 1.68 bits per heavy atom. The van der Waals surface area contributed by atoms with Gasteiger partial charge in [0.2, 0.25) is 5.91 Å². The van der Waals surface area contributed by atoms with Crippen molar-refractivity contribution in [1.82, 2.24) is 15.2 Å². The highest BCUT2D eigenvalue weighted by Gasteiger charge is 2.35. The highest BCUT2D eigenvalue weighted by Crippen LogP contribution is 2.35. The molecule has 0 bridgehead atoms. The smallest absolute Gasteiger partial charge is 0.253 e. The van der Waals surface area contributed by atoms with Crippen LogP contribution in [0.2, 0.25) is 5.02 Å². The largest absolute Gasteiger partial charge is 0.371 e. The van der Waals surface area contributed by atoms with Gasteiger partial charge in [0.05, 0.1) is 11.5 Å². The van der Waals surface area contributed by atoms with Gasteiger partial charge in [-0.2, -0.15) is 0 Å². The van der Waals surface area contributed by atoms with Crippen LogP contribution in [-0.2, 0) is 16.6 Å². The van der Waals surface area contributed by atoms with E-state index in [0.29, 0.717) is 10.6 Å². The molecule has 6 nitrogen and oxygen atoms in total. The van der Waals surface area contributed by atoms with Crippen LogP contribution in [0.1, 0.15) is 77.6 Å². The summed E-state index contributed by atoms with van der Waals surface area (Å²) in [6.07, 6.45) is 3.54. The zero-order valence-corrected chi connectivity index (χ0v) is 24.9. The van der Waals surface area contributed by atoms with Crippen molar-refractivity contribution in [2.45, 2.75) is 70.9 Å². The van der Waals surface area contributed by atoms with E-state index in [0.717, 1.165) is 61.3 Å². The van der Waals surface area contributed by atoms with Crippen LogP contribution in [-0.4, -0.2) is 47.9 Å². The summed E-state index contributed by atoms with van der Waals surface area (Å²) in [4.78, 5) is 35.8. The number of carbonyl (C=O) groups is 2. The van der Waals surface area contributed by atoms with Crippen molar-refractivity contribution in [2.24, 2.45) is 0 Å². The fourth-order valence-corrected chi connectivity index (χ4v) is 6.56. The maximum atomic E-state index is 13.6. The minimum atomic E-state index is -0.780. The molecular weight excluding hydrogens is 520 g/mol. The normalized spacial score (nSPS) is 17.4. The van der Waals surface area contributed by atoms with Crippen molar-refractivity contribution in [3.8, 4) is 0 Å². The Morgan fingerprint density at radius 1 is 1.00 bits per heavy atom. The molecule has 0 saturated carbocycles. The number of anilines is 1. The molecule has 7 heteroatoms. The monoisotopic (exact) mass is 558 g/mol. The molecule has 210 valence electrons. The Bertz CT molecular complexity index is 1410. The third-order valence-corrected chi connectivity index (χ3v) is 8.98. The molecule has 1 fully saturated rings. The SMILES string of the molecule is Cc1cc(N2CCC(N(C)C(=O)c3ccc4c(c3)C(NC(=O)C(C)(C)c3ccccc3Cl)CC4)CC2)cc(C)n1. The summed E-state index contributed by atoms with van der Waals surface area (Å²) >= 11 is 6.42. The number of pyridine rings is 1. The molecule has 1 atom stereocenters. The first-order valence-electron chi connectivity index (χ1n) is 14.2. The molecular formula is C33H39ClN4O2. The summed E-state index contributed by atoms with van der Waals surface area (Å²) in [5, 5.41) is 3.84. The van der Waals surface area contributed by atoms with Crippen molar-refractivity contribution < 1.29 is 9.59 Å². The van der Waals surface area contributed by atoms with Gasteiger partial charge in [-0.15, -0.1) is 0 Å². The number of carbonyl (C=O) groups excluding carboxylic acids is 2. The highest BCUT2D eigenvalue weighted by atomic mass is 35.5. The van der Waals surface area contributed by atoms with Crippen LogP contribution >= 0.6 is 11.6 Å². The molecule has 1 aromatic heterocycles. The molecule has 2 heterocycles. The van der Waals surface area contributed by atoms with Crippen LogP contribution in [0.3, 0.4) is 0 Å². The fraction of sp³-hybridized carbons (Fsp3) is 0.424. The second kappa shape index (κ2) is 11.2. The summed E-state index contributed by atoms with van der Waals surface area (Å²) in [7, 11) is 1.92. The Labute approximate surface area is 242 Å². The molecule has 1 unspecified atom stereocenters. The van der Waals surface area contributed by atoms with Crippen LogP contribution in [0.25, 0.3) is 0 Å². The van der Waals surface area contributed by atoms with E-state index >= 15 is 0 Å².